The van der Waals surface area contributed by atoms with E-state index in [4.69, 9.17) is 0 Å². The lowest BCUT2D eigenvalue weighted by Gasteiger charge is -2.34. The van der Waals surface area contributed by atoms with Gasteiger partial charge in [0.05, 0.1) is 6.10 Å². The van der Waals surface area contributed by atoms with Crippen molar-refractivity contribution in [2.24, 2.45) is 5.92 Å². The van der Waals surface area contributed by atoms with Gasteiger partial charge in [-0.15, -0.1) is 0 Å². The van der Waals surface area contributed by atoms with E-state index in [0.717, 1.165) is 37.1 Å². The predicted octanol–water partition coefficient (Wildman–Crippen LogP) is 3.73. The Bertz CT molecular complexity index is 779. The van der Waals surface area contributed by atoms with Gasteiger partial charge in [-0.2, -0.15) is 0 Å². The molecule has 5 nitrogen and oxygen atoms in total. The molecule has 0 aromatic heterocycles. The summed E-state index contributed by atoms with van der Waals surface area (Å²) in [5.41, 5.74) is 3.88. The van der Waals surface area contributed by atoms with Crippen LogP contribution in [0, 0.1) is 12.8 Å². The summed E-state index contributed by atoms with van der Waals surface area (Å²) in [5, 5.41) is 16.3. The molecule has 1 fully saturated rings. The van der Waals surface area contributed by atoms with Gasteiger partial charge in [-0.05, 0) is 50.3 Å². The molecule has 1 heterocycles. The normalized spacial score (nSPS) is 18.5. The Kier molecular flexibility index (Phi) is 7.06. The third-order valence-corrected chi connectivity index (χ3v) is 5.44. The number of piperidine rings is 1. The van der Waals surface area contributed by atoms with Crippen LogP contribution in [0.3, 0.4) is 0 Å². The lowest BCUT2D eigenvalue weighted by molar-refractivity contribution is 0.0847. The number of aryl methyl sites for hydroxylation is 1. The van der Waals surface area contributed by atoms with Gasteiger partial charge in [0, 0.05) is 31.4 Å². The first-order chi connectivity index (χ1) is 13.5. The molecule has 28 heavy (non-hydrogen) atoms. The van der Waals surface area contributed by atoms with E-state index in [9.17, 15) is 9.90 Å². The lowest BCUT2D eigenvalue weighted by Crippen LogP contribution is -2.39. The predicted molar refractivity (Wildman–Crippen MR) is 114 cm³/mol. The Morgan fingerprint density at radius 1 is 1.25 bits per heavy atom. The molecule has 1 aliphatic heterocycles. The number of hydrogen-bond donors (Lipinski definition) is 3. The van der Waals surface area contributed by atoms with Crippen LogP contribution in [-0.2, 0) is 6.42 Å². The van der Waals surface area contributed by atoms with Crippen LogP contribution < -0.4 is 10.6 Å². The smallest absolute Gasteiger partial charge is 0.318 e. The number of β-amino-alcohol motifs (C(OH)–C–C–N with tert-alkyl or cyclic N) is 1. The quantitative estimate of drug-likeness (QED) is 0.714. The van der Waals surface area contributed by atoms with Gasteiger partial charge in [0.2, 0.25) is 0 Å². The number of hydrogen-bond acceptors (Lipinski definition) is 3. The fourth-order valence-corrected chi connectivity index (χ4v) is 4.03. The molecule has 0 radical (unpaired) electrons. The molecule has 1 aliphatic rings. The average molecular weight is 382 g/mol. The van der Waals surface area contributed by atoms with Crippen molar-refractivity contribution < 1.29 is 9.90 Å². The minimum absolute atomic E-state index is 0.279. The summed E-state index contributed by atoms with van der Waals surface area (Å²) in [6.07, 6.45) is 2.83. The van der Waals surface area contributed by atoms with Crippen molar-refractivity contribution in [2.75, 3.05) is 32.0 Å². The Hall–Kier alpha value is -2.37. The van der Waals surface area contributed by atoms with Crippen molar-refractivity contribution in [3.63, 3.8) is 0 Å². The van der Waals surface area contributed by atoms with Crippen LogP contribution in [0.25, 0.3) is 0 Å². The van der Waals surface area contributed by atoms with Crippen LogP contribution in [0.15, 0.2) is 48.5 Å². The molecule has 0 saturated carbocycles. The van der Waals surface area contributed by atoms with E-state index in [0.29, 0.717) is 18.2 Å². The average Bonchev–Trinajstić information content (AvgIpc) is 2.70. The Labute approximate surface area is 167 Å². The van der Waals surface area contributed by atoms with Crippen LogP contribution in [0.5, 0.6) is 0 Å². The van der Waals surface area contributed by atoms with Crippen molar-refractivity contribution in [3.8, 4) is 0 Å². The maximum atomic E-state index is 11.7. The summed E-state index contributed by atoms with van der Waals surface area (Å²) in [4.78, 5) is 14.1. The molecule has 0 bridgehead atoms. The molecule has 2 aromatic carbocycles. The number of amides is 2. The fraction of sp³-hybridized carbons (Fsp3) is 0.435. The maximum Gasteiger partial charge on any atom is 0.318 e. The van der Waals surface area contributed by atoms with E-state index < -0.39 is 6.10 Å². The van der Waals surface area contributed by atoms with Crippen LogP contribution in [0.1, 0.15) is 35.6 Å². The van der Waals surface area contributed by atoms with Crippen LogP contribution in [-0.4, -0.2) is 42.7 Å². The monoisotopic (exact) mass is 381 g/mol. The first-order valence-corrected chi connectivity index (χ1v) is 10.1. The van der Waals surface area contributed by atoms with Crippen LogP contribution >= 0.6 is 0 Å². The van der Waals surface area contributed by atoms with E-state index in [1.807, 2.05) is 25.1 Å². The number of anilines is 1. The molecule has 2 unspecified atom stereocenters. The van der Waals surface area contributed by atoms with E-state index in [-0.39, 0.29) is 6.03 Å². The summed E-state index contributed by atoms with van der Waals surface area (Å²) < 4.78 is 0. The molecule has 3 N–H and O–H groups in total. The minimum atomic E-state index is -0.637. The SMILES string of the molecule is CNC(=O)Nc1ccc(C)cc1C(O)CN1CCCC(Cc2ccccc2)C1. The van der Waals surface area contributed by atoms with Crippen molar-refractivity contribution in [1.29, 1.82) is 0 Å². The molecular weight excluding hydrogens is 350 g/mol. The minimum Gasteiger partial charge on any atom is -0.387 e. The molecule has 3 rings (SSSR count). The number of rotatable bonds is 6. The van der Waals surface area contributed by atoms with Crippen molar-refractivity contribution in [3.05, 3.63) is 65.2 Å². The van der Waals surface area contributed by atoms with E-state index in [2.05, 4.69) is 45.9 Å². The summed E-state index contributed by atoms with van der Waals surface area (Å²) in [6, 6.07) is 16.1. The van der Waals surface area contributed by atoms with E-state index in [1.165, 1.54) is 12.0 Å². The molecule has 2 amide bonds. The highest BCUT2D eigenvalue weighted by Gasteiger charge is 2.24. The van der Waals surface area contributed by atoms with Gasteiger partial charge in [0.15, 0.2) is 0 Å². The zero-order valence-corrected chi connectivity index (χ0v) is 16.8. The number of carbonyl (C=O) groups is 1. The van der Waals surface area contributed by atoms with E-state index >= 15 is 0 Å². The second kappa shape index (κ2) is 9.71. The molecule has 0 aliphatic carbocycles. The fourth-order valence-electron chi connectivity index (χ4n) is 4.03. The number of benzene rings is 2. The van der Waals surface area contributed by atoms with E-state index in [1.54, 1.807) is 7.05 Å². The second-order valence-electron chi connectivity index (χ2n) is 7.77. The summed E-state index contributed by atoms with van der Waals surface area (Å²) >= 11 is 0. The van der Waals surface area contributed by atoms with Gasteiger partial charge in [-0.1, -0.05) is 48.0 Å². The third-order valence-electron chi connectivity index (χ3n) is 5.44. The van der Waals surface area contributed by atoms with Crippen LogP contribution in [0.4, 0.5) is 10.5 Å². The van der Waals surface area contributed by atoms with Gasteiger partial charge in [0.25, 0.3) is 0 Å². The van der Waals surface area contributed by atoms with Crippen LogP contribution in [0.2, 0.25) is 0 Å². The highest BCUT2D eigenvalue weighted by molar-refractivity contribution is 5.90. The highest BCUT2D eigenvalue weighted by atomic mass is 16.3. The number of aliphatic hydroxyl groups is 1. The first kappa shape index (κ1) is 20.4. The number of carbonyl (C=O) groups excluding carboxylic acids is 1. The zero-order valence-electron chi connectivity index (χ0n) is 16.8. The standard InChI is InChI=1S/C23H31N3O2/c1-17-10-11-21(25-23(28)24-2)20(13-17)22(27)16-26-12-6-9-19(15-26)14-18-7-4-3-5-8-18/h3-5,7-8,10-11,13,19,22,27H,6,9,12,14-16H2,1-2H3,(H2,24,25,28). The topological polar surface area (TPSA) is 64.6 Å². The molecule has 2 aromatic rings. The summed E-state index contributed by atoms with van der Waals surface area (Å²) in [6.45, 7) is 4.58. The molecule has 150 valence electrons. The maximum absolute atomic E-state index is 11.7. The molecule has 1 saturated heterocycles. The van der Waals surface area contributed by atoms with Crippen molar-refractivity contribution in [1.82, 2.24) is 10.2 Å². The molecule has 5 heteroatoms. The number of urea groups is 1. The third kappa shape index (κ3) is 5.57. The largest absolute Gasteiger partial charge is 0.387 e. The lowest BCUT2D eigenvalue weighted by atomic mass is 9.91. The number of nitrogens with one attached hydrogen (secondary N) is 2. The van der Waals surface area contributed by atoms with Gasteiger partial charge in [-0.25, -0.2) is 4.79 Å². The van der Waals surface area contributed by atoms with Gasteiger partial charge in [0.1, 0.15) is 0 Å². The Balaban J connectivity index is 1.64. The van der Waals surface area contributed by atoms with Crippen molar-refractivity contribution >= 4 is 11.7 Å². The van der Waals surface area contributed by atoms with Gasteiger partial charge in [-0.3, -0.25) is 0 Å². The van der Waals surface area contributed by atoms with Crippen molar-refractivity contribution in [2.45, 2.75) is 32.3 Å². The molecule has 0 spiro atoms. The second-order valence-corrected chi connectivity index (χ2v) is 7.77. The summed E-state index contributed by atoms with van der Waals surface area (Å²) in [5.74, 6) is 0.615. The van der Waals surface area contributed by atoms with Gasteiger partial charge >= 0.3 is 6.03 Å². The van der Waals surface area contributed by atoms with Gasteiger partial charge < -0.3 is 20.6 Å². The molecular formula is C23H31N3O2. The Morgan fingerprint density at radius 2 is 2.04 bits per heavy atom. The molecule has 2 atom stereocenters. The highest BCUT2D eigenvalue weighted by Crippen LogP contribution is 2.27. The Morgan fingerprint density at radius 3 is 2.79 bits per heavy atom. The number of likely N-dealkylation sites (tertiary alicyclic amines) is 1. The number of nitrogens with zero attached hydrogens (tertiary/aromatic N) is 1. The summed E-state index contributed by atoms with van der Waals surface area (Å²) in [7, 11) is 1.58. The zero-order chi connectivity index (χ0) is 19.9. The number of aliphatic hydroxyl groups excluding tert-OH is 1. The first-order valence-electron chi connectivity index (χ1n) is 10.1.